The van der Waals surface area contributed by atoms with E-state index < -0.39 is 0 Å². The molecule has 0 N–H and O–H groups in total. The topological polar surface area (TPSA) is 63.9 Å². The summed E-state index contributed by atoms with van der Waals surface area (Å²) in [6, 6.07) is 13.8. The van der Waals surface area contributed by atoms with E-state index in [9.17, 15) is 4.79 Å². The summed E-state index contributed by atoms with van der Waals surface area (Å²) in [5.74, 6) is -0.0342. The van der Waals surface area contributed by atoms with Crippen LogP contribution >= 0.6 is 11.6 Å². The Hall–Kier alpha value is -2.73. The summed E-state index contributed by atoms with van der Waals surface area (Å²) in [5.41, 5.74) is 2.49. The number of aryl methyl sites for hydroxylation is 1. The van der Waals surface area contributed by atoms with Crippen molar-refractivity contribution in [3.63, 3.8) is 0 Å². The Bertz CT molecular complexity index is 959. The van der Waals surface area contributed by atoms with Crippen LogP contribution in [-0.4, -0.2) is 43.4 Å². The first-order valence-corrected chi connectivity index (χ1v) is 10.4. The highest BCUT2D eigenvalue weighted by Crippen LogP contribution is 2.23. The van der Waals surface area contributed by atoms with Crippen molar-refractivity contribution in [3.8, 4) is 0 Å². The molecule has 1 fully saturated rings. The van der Waals surface area contributed by atoms with Crippen molar-refractivity contribution in [2.24, 2.45) is 0 Å². The van der Waals surface area contributed by atoms with Crippen LogP contribution in [0.3, 0.4) is 0 Å². The molecule has 0 unspecified atom stereocenters. The third-order valence-electron chi connectivity index (χ3n) is 5.34. The molecule has 29 heavy (non-hydrogen) atoms. The van der Waals surface area contributed by atoms with Gasteiger partial charge in [-0.1, -0.05) is 35.0 Å². The van der Waals surface area contributed by atoms with E-state index >= 15 is 0 Å². The first kappa shape index (κ1) is 19.6. The molecule has 0 radical (unpaired) electrons. The van der Waals surface area contributed by atoms with Gasteiger partial charge in [0.25, 0.3) is 5.91 Å². The largest absolute Gasteiger partial charge is 0.334 e. The minimum atomic E-state index is -0.0342. The Morgan fingerprint density at radius 2 is 2.10 bits per heavy atom. The molecule has 0 aliphatic carbocycles. The second kappa shape index (κ2) is 9.18. The molecular weight excluding hydrogens is 386 g/mol. The van der Waals surface area contributed by atoms with Crippen molar-refractivity contribution in [1.82, 2.24) is 24.9 Å². The van der Waals surface area contributed by atoms with E-state index in [2.05, 4.69) is 15.3 Å². The normalized spacial score (nSPS) is 16.7. The highest BCUT2D eigenvalue weighted by atomic mass is 35.5. The molecule has 1 aromatic carbocycles. The number of benzene rings is 1. The number of carbonyl (C=O) groups is 1. The number of amides is 1. The zero-order valence-electron chi connectivity index (χ0n) is 16.2. The van der Waals surface area contributed by atoms with Gasteiger partial charge in [0.05, 0.1) is 12.7 Å². The van der Waals surface area contributed by atoms with Crippen molar-refractivity contribution in [2.45, 2.75) is 44.7 Å². The van der Waals surface area contributed by atoms with Crippen LogP contribution in [0.25, 0.3) is 0 Å². The minimum Gasteiger partial charge on any atom is -0.334 e. The predicted molar refractivity (Wildman–Crippen MR) is 112 cm³/mol. The van der Waals surface area contributed by atoms with Crippen LogP contribution in [0.2, 0.25) is 5.02 Å². The molecule has 3 heterocycles. The van der Waals surface area contributed by atoms with Gasteiger partial charge in [0, 0.05) is 29.5 Å². The highest BCUT2D eigenvalue weighted by Gasteiger charge is 2.29. The molecule has 0 spiro atoms. The number of piperidine rings is 1. The molecule has 1 aliphatic rings. The number of rotatable bonds is 6. The Morgan fingerprint density at radius 3 is 2.93 bits per heavy atom. The number of likely N-dealkylation sites (tertiary alicyclic amines) is 1. The van der Waals surface area contributed by atoms with Gasteiger partial charge in [0.1, 0.15) is 0 Å². The Labute approximate surface area is 175 Å². The van der Waals surface area contributed by atoms with E-state index in [1.165, 1.54) is 0 Å². The molecule has 6 nitrogen and oxygen atoms in total. The second-order valence-electron chi connectivity index (χ2n) is 7.44. The van der Waals surface area contributed by atoms with E-state index in [1.54, 1.807) is 10.9 Å². The predicted octanol–water partition coefficient (Wildman–Crippen LogP) is 4.00. The number of halogens is 1. The number of carbonyl (C=O) groups excluding carboxylic acids is 1. The Balaban J connectivity index is 1.42. The third kappa shape index (κ3) is 5.01. The van der Waals surface area contributed by atoms with Crippen LogP contribution in [0.4, 0.5) is 0 Å². The van der Waals surface area contributed by atoms with Crippen molar-refractivity contribution < 1.29 is 4.79 Å². The SMILES string of the molecule is O=C(c1cn(Cc2cccc(Cl)c2)nn1)N1CCCC[C@@H]1CCc1ccccn1. The Morgan fingerprint density at radius 1 is 1.17 bits per heavy atom. The lowest BCUT2D eigenvalue weighted by molar-refractivity contribution is 0.0595. The summed E-state index contributed by atoms with van der Waals surface area (Å²) in [6.45, 7) is 1.30. The zero-order valence-corrected chi connectivity index (χ0v) is 17.0. The lowest BCUT2D eigenvalue weighted by Gasteiger charge is -2.35. The number of nitrogens with zero attached hydrogens (tertiary/aromatic N) is 5. The van der Waals surface area contributed by atoms with Gasteiger partial charge in [-0.15, -0.1) is 5.10 Å². The fraction of sp³-hybridized carbons (Fsp3) is 0.364. The Kier molecular flexibility index (Phi) is 6.20. The molecule has 0 bridgehead atoms. The van der Waals surface area contributed by atoms with E-state index in [4.69, 9.17) is 11.6 Å². The third-order valence-corrected chi connectivity index (χ3v) is 5.57. The summed E-state index contributed by atoms with van der Waals surface area (Å²) in [5, 5.41) is 8.96. The summed E-state index contributed by atoms with van der Waals surface area (Å²) >= 11 is 6.05. The first-order chi connectivity index (χ1) is 14.2. The number of pyridine rings is 1. The lowest BCUT2D eigenvalue weighted by atomic mass is 9.96. The number of hydrogen-bond donors (Lipinski definition) is 0. The van der Waals surface area contributed by atoms with Gasteiger partial charge in [0.15, 0.2) is 5.69 Å². The molecule has 1 amide bonds. The monoisotopic (exact) mass is 409 g/mol. The van der Waals surface area contributed by atoms with Gasteiger partial charge in [-0.05, 0) is 61.9 Å². The summed E-state index contributed by atoms with van der Waals surface area (Å²) < 4.78 is 1.69. The van der Waals surface area contributed by atoms with Crippen LogP contribution in [0.15, 0.2) is 54.9 Å². The standard InChI is InChI=1S/C22H24ClN5O/c23-18-7-5-6-17(14-18)15-27-16-21(25-26-27)22(29)28-13-4-2-9-20(28)11-10-19-8-1-3-12-24-19/h1,3,5-8,12,14,16,20H,2,4,9-11,13,15H2/t20-/m1/s1. The van der Waals surface area contributed by atoms with Gasteiger partial charge in [-0.3, -0.25) is 9.78 Å². The van der Waals surface area contributed by atoms with Crippen LogP contribution in [0.1, 0.15) is 47.4 Å². The molecular formula is C22H24ClN5O. The van der Waals surface area contributed by atoms with E-state index in [0.717, 1.165) is 49.9 Å². The van der Waals surface area contributed by atoms with Crippen molar-refractivity contribution >= 4 is 17.5 Å². The number of hydrogen-bond acceptors (Lipinski definition) is 4. The zero-order chi connectivity index (χ0) is 20.1. The molecule has 0 saturated carbocycles. The fourth-order valence-electron chi connectivity index (χ4n) is 3.87. The van der Waals surface area contributed by atoms with Crippen molar-refractivity contribution in [2.75, 3.05) is 6.54 Å². The van der Waals surface area contributed by atoms with E-state index in [1.807, 2.05) is 53.6 Å². The average molecular weight is 410 g/mol. The smallest absolute Gasteiger partial charge is 0.276 e. The molecule has 4 rings (SSSR count). The molecule has 150 valence electrons. The van der Waals surface area contributed by atoms with E-state index in [-0.39, 0.29) is 11.9 Å². The maximum Gasteiger partial charge on any atom is 0.276 e. The van der Waals surface area contributed by atoms with Gasteiger partial charge in [0.2, 0.25) is 0 Å². The maximum absolute atomic E-state index is 13.1. The first-order valence-electron chi connectivity index (χ1n) is 10.0. The second-order valence-corrected chi connectivity index (χ2v) is 7.88. The number of aromatic nitrogens is 4. The quantitative estimate of drug-likeness (QED) is 0.617. The van der Waals surface area contributed by atoms with Crippen molar-refractivity contribution in [1.29, 1.82) is 0 Å². The van der Waals surface area contributed by atoms with Crippen LogP contribution in [-0.2, 0) is 13.0 Å². The summed E-state index contributed by atoms with van der Waals surface area (Å²) in [7, 11) is 0. The van der Waals surface area contributed by atoms with E-state index in [0.29, 0.717) is 17.3 Å². The molecule has 1 atom stereocenters. The van der Waals surface area contributed by atoms with Gasteiger partial charge >= 0.3 is 0 Å². The van der Waals surface area contributed by atoms with Gasteiger partial charge in [-0.25, -0.2) is 4.68 Å². The van der Waals surface area contributed by atoms with Crippen LogP contribution in [0, 0.1) is 0 Å². The summed E-state index contributed by atoms with van der Waals surface area (Å²) in [4.78, 5) is 19.5. The fourth-order valence-corrected chi connectivity index (χ4v) is 4.08. The maximum atomic E-state index is 13.1. The van der Waals surface area contributed by atoms with Crippen LogP contribution in [0.5, 0.6) is 0 Å². The molecule has 3 aromatic rings. The molecule has 7 heteroatoms. The minimum absolute atomic E-state index is 0.0342. The van der Waals surface area contributed by atoms with Crippen LogP contribution < -0.4 is 0 Å². The summed E-state index contributed by atoms with van der Waals surface area (Å²) in [6.07, 6.45) is 8.54. The molecule has 2 aromatic heterocycles. The highest BCUT2D eigenvalue weighted by molar-refractivity contribution is 6.30. The van der Waals surface area contributed by atoms with Crippen molar-refractivity contribution in [3.05, 3.63) is 76.8 Å². The van der Waals surface area contributed by atoms with Gasteiger partial charge in [-0.2, -0.15) is 0 Å². The molecule has 1 saturated heterocycles. The lowest BCUT2D eigenvalue weighted by Crippen LogP contribution is -2.44. The molecule has 1 aliphatic heterocycles. The average Bonchev–Trinajstić information content (AvgIpc) is 3.21. The van der Waals surface area contributed by atoms with Gasteiger partial charge < -0.3 is 4.90 Å².